The smallest absolute Gasteiger partial charge is 0.233 e. The van der Waals surface area contributed by atoms with Crippen molar-refractivity contribution in [3.63, 3.8) is 0 Å². The zero-order valence-corrected chi connectivity index (χ0v) is 17.4. The van der Waals surface area contributed by atoms with Crippen LogP contribution in [0, 0.1) is 19.7 Å². The Kier molecular flexibility index (Phi) is 5.88. The summed E-state index contributed by atoms with van der Waals surface area (Å²) in [5.74, 6) is -0.0696. The number of nitrogen functional groups attached to an aromatic ring is 1. The number of amides is 1. The normalized spacial score (nSPS) is 11.1. The van der Waals surface area contributed by atoms with E-state index in [9.17, 15) is 9.18 Å². The average Bonchev–Trinajstić information content (AvgIpc) is 2.90. The lowest BCUT2D eigenvalue weighted by atomic mass is 10.2. The molecule has 1 amide bonds. The SMILES string of the molecule is Cc1sc2nc(SCC(=O)N(C)Cc3c(F)cccc3Cl)nc(N)c2c1C. The van der Waals surface area contributed by atoms with Crippen LogP contribution >= 0.6 is 34.7 Å². The number of thiophene rings is 1. The third-order valence-electron chi connectivity index (χ3n) is 4.24. The Morgan fingerprint density at radius 3 is 2.81 bits per heavy atom. The summed E-state index contributed by atoms with van der Waals surface area (Å²) in [5, 5.41) is 1.62. The second-order valence-electron chi connectivity index (χ2n) is 6.09. The third kappa shape index (κ3) is 4.17. The molecule has 0 saturated heterocycles. The largest absolute Gasteiger partial charge is 0.383 e. The van der Waals surface area contributed by atoms with E-state index in [1.165, 1.54) is 28.8 Å². The van der Waals surface area contributed by atoms with Crippen LogP contribution in [0.3, 0.4) is 0 Å². The van der Waals surface area contributed by atoms with Gasteiger partial charge in [-0.1, -0.05) is 29.4 Å². The van der Waals surface area contributed by atoms with E-state index < -0.39 is 5.82 Å². The van der Waals surface area contributed by atoms with E-state index in [0.29, 0.717) is 21.6 Å². The van der Waals surface area contributed by atoms with E-state index in [0.717, 1.165) is 20.7 Å². The van der Waals surface area contributed by atoms with Crippen LogP contribution in [0.15, 0.2) is 23.4 Å². The number of thioether (sulfide) groups is 1. The minimum absolute atomic E-state index is 0.0935. The maximum Gasteiger partial charge on any atom is 0.233 e. The number of nitrogens with two attached hydrogens (primary N) is 1. The van der Waals surface area contributed by atoms with Gasteiger partial charge in [0.05, 0.1) is 11.1 Å². The Balaban J connectivity index is 1.69. The van der Waals surface area contributed by atoms with Crippen LogP contribution in [0.5, 0.6) is 0 Å². The zero-order valence-electron chi connectivity index (χ0n) is 15.0. The number of halogens is 2. The molecule has 0 bridgehead atoms. The highest BCUT2D eigenvalue weighted by atomic mass is 35.5. The fourth-order valence-corrected chi connectivity index (χ4v) is 4.68. The van der Waals surface area contributed by atoms with Gasteiger partial charge in [-0.2, -0.15) is 0 Å². The lowest BCUT2D eigenvalue weighted by molar-refractivity contribution is -0.127. The van der Waals surface area contributed by atoms with Gasteiger partial charge in [-0.05, 0) is 31.5 Å². The van der Waals surface area contributed by atoms with Crippen molar-refractivity contribution in [1.82, 2.24) is 14.9 Å². The zero-order chi connectivity index (χ0) is 19.7. The van der Waals surface area contributed by atoms with E-state index in [4.69, 9.17) is 17.3 Å². The number of hydrogen-bond acceptors (Lipinski definition) is 6. The summed E-state index contributed by atoms with van der Waals surface area (Å²) in [4.78, 5) is 24.6. The molecule has 0 atom stereocenters. The van der Waals surface area contributed by atoms with Gasteiger partial charge in [0.25, 0.3) is 0 Å². The molecule has 5 nitrogen and oxygen atoms in total. The Labute approximate surface area is 169 Å². The summed E-state index contributed by atoms with van der Waals surface area (Å²) in [6.45, 7) is 4.10. The summed E-state index contributed by atoms with van der Waals surface area (Å²) < 4.78 is 13.9. The molecule has 2 heterocycles. The summed E-state index contributed by atoms with van der Waals surface area (Å²) in [7, 11) is 1.61. The number of carbonyl (C=O) groups excluding carboxylic acids is 1. The third-order valence-corrected chi connectivity index (χ3v) is 6.53. The first-order valence-corrected chi connectivity index (χ1v) is 10.3. The standard InChI is InChI=1S/C18H18ClFN4OS2/c1-9-10(2)27-17-15(9)16(21)22-18(23-17)26-8-14(25)24(3)7-11-12(19)5-4-6-13(11)20/h4-6H,7-8H2,1-3H3,(H2,21,22,23). The number of rotatable bonds is 5. The minimum Gasteiger partial charge on any atom is -0.383 e. The van der Waals surface area contributed by atoms with Crippen molar-refractivity contribution in [1.29, 1.82) is 0 Å². The molecule has 0 aliphatic rings. The Morgan fingerprint density at radius 1 is 1.37 bits per heavy atom. The van der Waals surface area contributed by atoms with Gasteiger partial charge in [0.2, 0.25) is 5.91 Å². The average molecular weight is 425 g/mol. The summed E-state index contributed by atoms with van der Waals surface area (Å²) in [6, 6.07) is 4.46. The molecule has 9 heteroatoms. The Hall–Kier alpha value is -1.90. The molecular formula is C18H18ClFN4OS2. The number of nitrogens with zero attached hydrogens (tertiary/aromatic N) is 3. The number of anilines is 1. The van der Waals surface area contributed by atoms with Crippen LogP contribution in [-0.4, -0.2) is 33.6 Å². The molecule has 3 rings (SSSR count). The minimum atomic E-state index is -0.431. The number of fused-ring (bicyclic) bond motifs is 1. The highest BCUT2D eigenvalue weighted by Crippen LogP contribution is 2.33. The van der Waals surface area contributed by atoms with Crippen LogP contribution in [0.1, 0.15) is 16.0 Å². The van der Waals surface area contributed by atoms with Gasteiger partial charge in [0.1, 0.15) is 16.5 Å². The molecule has 3 aromatic rings. The second kappa shape index (κ2) is 8.00. The predicted molar refractivity (Wildman–Crippen MR) is 110 cm³/mol. The first-order valence-electron chi connectivity index (χ1n) is 8.10. The Bertz CT molecular complexity index is 1000. The van der Waals surface area contributed by atoms with Crippen molar-refractivity contribution in [3.05, 3.63) is 45.0 Å². The number of benzene rings is 1. The van der Waals surface area contributed by atoms with Gasteiger partial charge >= 0.3 is 0 Å². The molecule has 142 valence electrons. The van der Waals surface area contributed by atoms with E-state index in [2.05, 4.69) is 9.97 Å². The quantitative estimate of drug-likeness (QED) is 0.484. The molecule has 0 aliphatic heterocycles. The van der Waals surface area contributed by atoms with Gasteiger partial charge in [0, 0.05) is 29.1 Å². The van der Waals surface area contributed by atoms with E-state index in [1.54, 1.807) is 24.5 Å². The molecule has 0 spiro atoms. The predicted octanol–water partition coefficient (Wildman–Crippen LogP) is 4.43. The summed E-state index contributed by atoms with van der Waals surface area (Å²) in [6.07, 6.45) is 0. The maximum atomic E-state index is 13.9. The highest BCUT2D eigenvalue weighted by molar-refractivity contribution is 7.99. The van der Waals surface area contributed by atoms with Crippen LogP contribution in [0.2, 0.25) is 5.02 Å². The number of hydrogen-bond donors (Lipinski definition) is 1. The van der Waals surface area contributed by atoms with Gasteiger partial charge in [-0.15, -0.1) is 11.3 Å². The fraction of sp³-hybridized carbons (Fsp3) is 0.278. The van der Waals surface area contributed by atoms with Crippen molar-refractivity contribution in [2.75, 3.05) is 18.5 Å². The molecule has 0 unspecified atom stereocenters. The van der Waals surface area contributed by atoms with Gasteiger partial charge in [-0.25, -0.2) is 14.4 Å². The lowest BCUT2D eigenvalue weighted by Gasteiger charge is -2.18. The number of carbonyl (C=O) groups is 1. The van der Waals surface area contributed by atoms with Crippen molar-refractivity contribution in [2.45, 2.75) is 25.5 Å². The highest BCUT2D eigenvalue weighted by Gasteiger charge is 2.17. The van der Waals surface area contributed by atoms with E-state index >= 15 is 0 Å². The van der Waals surface area contributed by atoms with Crippen LogP contribution in [-0.2, 0) is 11.3 Å². The van der Waals surface area contributed by atoms with Crippen molar-refractivity contribution < 1.29 is 9.18 Å². The lowest BCUT2D eigenvalue weighted by Crippen LogP contribution is -2.28. The van der Waals surface area contributed by atoms with Gasteiger partial charge in [-0.3, -0.25) is 4.79 Å². The molecule has 0 radical (unpaired) electrons. The first-order chi connectivity index (χ1) is 12.8. The first kappa shape index (κ1) is 19.9. The number of aromatic nitrogens is 2. The second-order valence-corrected chi connectivity index (χ2v) is 8.65. The molecule has 0 aliphatic carbocycles. The summed E-state index contributed by atoms with van der Waals surface area (Å²) >= 11 is 8.79. The molecule has 2 aromatic heterocycles. The van der Waals surface area contributed by atoms with Crippen LogP contribution in [0.4, 0.5) is 10.2 Å². The van der Waals surface area contributed by atoms with Gasteiger partial charge < -0.3 is 10.6 Å². The molecule has 0 saturated carbocycles. The van der Waals surface area contributed by atoms with Crippen molar-refractivity contribution in [2.24, 2.45) is 0 Å². The molecule has 27 heavy (non-hydrogen) atoms. The van der Waals surface area contributed by atoms with Crippen LogP contribution in [0.25, 0.3) is 10.2 Å². The fourth-order valence-electron chi connectivity index (χ4n) is 2.57. The number of aryl methyl sites for hydroxylation is 2. The summed E-state index contributed by atoms with van der Waals surface area (Å²) in [5.41, 5.74) is 7.45. The molecule has 2 N–H and O–H groups in total. The Morgan fingerprint density at radius 2 is 2.11 bits per heavy atom. The van der Waals surface area contributed by atoms with Crippen LogP contribution < -0.4 is 5.73 Å². The van der Waals surface area contributed by atoms with Crippen molar-refractivity contribution in [3.8, 4) is 0 Å². The maximum absolute atomic E-state index is 13.9. The van der Waals surface area contributed by atoms with E-state index in [1.807, 2.05) is 13.8 Å². The molecular weight excluding hydrogens is 407 g/mol. The molecule has 1 aromatic carbocycles. The van der Waals surface area contributed by atoms with Gasteiger partial charge in [0.15, 0.2) is 5.16 Å². The topological polar surface area (TPSA) is 72.1 Å². The monoisotopic (exact) mass is 424 g/mol. The molecule has 0 fully saturated rings. The van der Waals surface area contributed by atoms with Crippen molar-refractivity contribution >= 4 is 56.6 Å². The van der Waals surface area contributed by atoms with E-state index in [-0.39, 0.29) is 18.2 Å².